The molecule has 0 unspecified atom stereocenters. The monoisotopic (exact) mass is 165 g/mol. The maximum atomic E-state index is 10.7. The second-order valence-corrected chi connectivity index (χ2v) is 2.10. The minimum atomic E-state index is -0.0907. The van der Waals surface area contributed by atoms with E-state index in [1.165, 1.54) is 5.01 Å². The van der Waals surface area contributed by atoms with Gasteiger partial charge in [0.15, 0.2) is 6.07 Å². The molecule has 6 heteroatoms. The van der Waals surface area contributed by atoms with Crippen molar-refractivity contribution in [3.05, 3.63) is 5.21 Å². The van der Waals surface area contributed by atoms with Gasteiger partial charge in [-0.2, -0.15) is 0 Å². The summed E-state index contributed by atoms with van der Waals surface area (Å²) in [7, 11) is 0. The van der Waals surface area contributed by atoms with Crippen LogP contribution in [0.5, 0.6) is 0 Å². The Hall–Kier alpha value is -0.710. The third-order valence-corrected chi connectivity index (χ3v) is 1.35. The lowest BCUT2D eigenvalue weighted by atomic mass is 10.3. The Kier molecular flexibility index (Phi) is 2.56. The molecule has 0 saturated carbocycles. The first-order valence-corrected chi connectivity index (χ1v) is 3.49. The van der Waals surface area contributed by atoms with Crippen molar-refractivity contribution in [3.8, 4) is 0 Å². The summed E-state index contributed by atoms with van der Waals surface area (Å²) < 4.78 is 0. The van der Waals surface area contributed by atoms with Gasteiger partial charge in [-0.15, -0.1) is 5.01 Å². The Morgan fingerprint density at radius 3 is 2.80 bits per heavy atom. The molecular weight excluding hydrogens is 158 g/mol. The molecule has 0 aliphatic carbocycles. The summed E-state index contributed by atoms with van der Waals surface area (Å²) in [5.41, 5.74) is 0. The zero-order valence-electron chi connectivity index (χ0n) is 5.36. The topological polar surface area (TPSA) is 50.9 Å². The average Bonchev–Trinajstić information content (AvgIpc) is 1.79. The van der Waals surface area contributed by atoms with E-state index in [0.29, 0.717) is 4.97 Å². The highest BCUT2D eigenvalue weighted by Crippen LogP contribution is 2.05. The average molecular weight is 166 g/mol. The minimum absolute atomic E-state index is 0.0907. The largest absolute Gasteiger partial charge is 0.569 e. The second kappa shape index (κ2) is 3.46. The van der Waals surface area contributed by atoms with Crippen LogP contribution < -0.4 is 0 Å². The zero-order valence-corrected chi connectivity index (χ0v) is 6.12. The molecule has 0 N–H and O–H groups in total. The van der Waals surface area contributed by atoms with Crippen LogP contribution in [0.2, 0.25) is 0 Å². The van der Waals surface area contributed by atoms with Gasteiger partial charge in [0.05, 0.1) is 18.1 Å². The van der Waals surface area contributed by atoms with E-state index in [9.17, 15) is 5.21 Å². The van der Waals surface area contributed by atoms with Gasteiger partial charge in [-0.05, 0) is 6.42 Å². The summed E-state index contributed by atoms with van der Waals surface area (Å²) in [4.78, 5) is 4.74. The molecule has 1 saturated heterocycles. The van der Waals surface area contributed by atoms with Crippen LogP contribution in [0.15, 0.2) is 5.28 Å². The number of alkyl halides is 1. The Morgan fingerprint density at radius 2 is 2.40 bits per heavy atom. The lowest BCUT2D eigenvalue weighted by molar-refractivity contribution is -0.722. The van der Waals surface area contributed by atoms with Crippen molar-refractivity contribution in [1.82, 2.24) is 5.01 Å². The summed E-state index contributed by atoms with van der Waals surface area (Å²) in [5.74, 6) is 0. The van der Waals surface area contributed by atoms with Gasteiger partial charge in [-0.3, -0.25) is 0 Å². The standard InChI is InChI=1S/C4H8ClN3O2/c5-4-10-6-8(9)7-2-1-3-7/h1-4H2/b8-6-. The number of halogens is 1. The summed E-state index contributed by atoms with van der Waals surface area (Å²) in [5, 5.41) is 15.3. The van der Waals surface area contributed by atoms with E-state index in [0.717, 1.165) is 19.5 Å². The predicted octanol–water partition coefficient (Wildman–Crippen LogP) is 0.698. The maximum Gasteiger partial charge on any atom is 0.234 e. The first-order valence-electron chi connectivity index (χ1n) is 2.95. The molecule has 0 aromatic heterocycles. The van der Waals surface area contributed by atoms with Crippen LogP contribution in [0.3, 0.4) is 0 Å². The quantitative estimate of drug-likeness (QED) is 0.268. The number of hydrogen-bond acceptors (Lipinski definition) is 3. The molecule has 0 aromatic rings. The molecule has 1 aliphatic rings. The summed E-state index contributed by atoms with van der Waals surface area (Å²) in [6.45, 7) is 1.50. The van der Waals surface area contributed by atoms with E-state index in [2.05, 4.69) is 10.1 Å². The van der Waals surface area contributed by atoms with Crippen molar-refractivity contribution in [3.63, 3.8) is 0 Å². The number of rotatable bonds is 3. The molecule has 5 nitrogen and oxygen atoms in total. The maximum absolute atomic E-state index is 10.7. The molecule has 0 radical (unpaired) electrons. The molecule has 1 heterocycles. The Labute approximate surface area is 63.3 Å². The van der Waals surface area contributed by atoms with Gasteiger partial charge in [0.2, 0.25) is 5.28 Å². The third-order valence-electron chi connectivity index (χ3n) is 1.25. The van der Waals surface area contributed by atoms with Gasteiger partial charge in [-0.1, -0.05) is 11.6 Å². The molecule has 0 aromatic carbocycles. The van der Waals surface area contributed by atoms with Crippen LogP contribution in [0.4, 0.5) is 0 Å². The van der Waals surface area contributed by atoms with Gasteiger partial charge in [0.1, 0.15) is 0 Å². The van der Waals surface area contributed by atoms with Gasteiger partial charge < -0.3 is 10.0 Å². The molecule has 10 heavy (non-hydrogen) atoms. The highest BCUT2D eigenvalue weighted by molar-refractivity contribution is 6.17. The number of hydrogen-bond donors (Lipinski definition) is 0. The number of hydrazine groups is 1. The van der Waals surface area contributed by atoms with E-state index in [4.69, 9.17) is 11.6 Å². The minimum Gasteiger partial charge on any atom is -0.569 e. The Morgan fingerprint density at radius 1 is 1.70 bits per heavy atom. The third kappa shape index (κ3) is 1.63. The van der Waals surface area contributed by atoms with Gasteiger partial charge >= 0.3 is 0 Å². The molecule has 1 aliphatic heterocycles. The van der Waals surface area contributed by atoms with E-state index in [-0.39, 0.29) is 6.07 Å². The fourth-order valence-corrected chi connectivity index (χ4v) is 0.637. The smallest absolute Gasteiger partial charge is 0.234 e. The van der Waals surface area contributed by atoms with Crippen molar-refractivity contribution in [2.45, 2.75) is 6.42 Å². The van der Waals surface area contributed by atoms with E-state index in [1.54, 1.807) is 0 Å². The van der Waals surface area contributed by atoms with Gasteiger partial charge in [-0.25, -0.2) is 0 Å². The molecule has 0 amide bonds. The van der Waals surface area contributed by atoms with Crippen LogP contribution in [-0.2, 0) is 4.84 Å². The molecular formula is C4H8ClN3O2. The van der Waals surface area contributed by atoms with Crippen molar-refractivity contribution in [2.75, 3.05) is 19.2 Å². The lowest BCUT2D eigenvalue weighted by Crippen LogP contribution is -2.42. The van der Waals surface area contributed by atoms with Crippen molar-refractivity contribution in [2.24, 2.45) is 5.28 Å². The van der Waals surface area contributed by atoms with Crippen LogP contribution in [0.1, 0.15) is 6.42 Å². The molecule has 0 spiro atoms. The summed E-state index contributed by atoms with van der Waals surface area (Å²) >= 11 is 5.11. The molecule has 0 bridgehead atoms. The van der Waals surface area contributed by atoms with Gasteiger partial charge in [0, 0.05) is 0 Å². The van der Waals surface area contributed by atoms with Crippen LogP contribution >= 0.6 is 11.6 Å². The fourth-order valence-electron chi connectivity index (χ4n) is 0.593. The second-order valence-electron chi connectivity index (χ2n) is 1.88. The summed E-state index contributed by atoms with van der Waals surface area (Å²) in [6, 6.07) is -0.0907. The predicted molar refractivity (Wildman–Crippen MR) is 34.1 cm³/mol. The number of nitrogens with zero attached hydrogens (tertiary/aromatic N) is 3. The van der Waals surface area contributed by atoms with Crippen LogP contribution in [-0.4, -0.2) is 29.1 Å². The van der Waals surface area contributed by atoms with E-state index >= 15 is 0 Å². The normalized spacial score (nSPS) is 18.5. The van der Waals surface area contributed by atoms with Crippen LogP contribution in [0, 0.1) is 5.21 Å². The highest BCUT2D eigenvalue weighted by atomic mass is 35.5. The first kappa shape index (κ1) is 7.40. The molecule has 58 valence electrons. The SMILES string of the molecule is [O-]/[N+](=N\OCCl)N1CCC1. The van der Waals surface area contributed by atoms with E-state index < -0.39 is 0 Å². The van der Waals surface area contributed by atoms with Gasteiger partial charge in [0.25, 0.3) is 0 Å². The van der Waals surface area contributed by atoms with E-state index in [1.807, 2.05) is 0 Å². The van der Waals surface area contributed by atoms with Crippen LogP contribution in [0.25, 0.3) is 0 Å². The zero-order chi connectivity index (χ0) is 7.40. The summed E-state index contributed by atoms with van der Waals surface area (Å²) in [6.07, 6.45) is 1.04. The molecule has 1 rings (SSSR count). The fraction of sp³-hybridized carbons (Fsp3) is 1.00. The lowest BCUT2D eigenvalue weighted by Gasteiger charge is -2.24. The van der Waals surface area contributed by atoms with Crippen molar-refractivity contribution in [1.29, 1.82) is 0 Å². The Bertz CT molecular complexity index is 136. The van der Waals surface area contributed by atoms with Crippen molar-refractivity contribution >= 4 is 11.6 Å². The molecule has 0 atom stereocenters. The Balaban J connectivity index is 2.23. The highest BCUT2D eigenvalue weighted by Gasteiger charge is 2.21. The molecule has 1 fully saturated rings. The van der Waals surface area contributed by atoms with Crippen molar-refractivity contribution < 1.29 is 9.81 Å². The first-order chi connectivity index (χ1) is 4.84.